The second-order valence-electron chi connectivity index (χ2n) is 8.79. The number of aromatic nitrogens is 1. The molecule has 1 aliphatic rings. The van der Waals surface area contributed by atoms with E-state index in [2.05, 4.69) is 4.98 Å². The number of hydrogen-bond donors (Lipinski definition) is 2. The Morgan fingerprint density at radius 1 is 0.892 bits per heavy atom. The number of primary amides is 1. The molecule has 0 unspecified atom stereocenters. The number of hydrogen-bond acceptors (Lipinski definition) is 5. The fourth-order valence-corrected chi connectivity index (χ4v) is 4.75. The highest BCUT2D eigenvalue weighted by Gasteiger charge is 2.26. The smallest absolute Gasteiger partial charge is 0.409 e. The van der Waals surface area contributed by atoms with Crippen molar-refractivity contribution >= 4 is 39.7 Å². The van der Waals surface area contributed by atoms with Crippen molar-refractivity contribution in [2.75, 3.05) is 40.4 Å². The van der Waals surface area contributed by atoms with Gasteiger partial charge in [-0.1, -0.05) is 12.1 Å². The van der Waals surface area contributed by atoms with Gasteiger partial charge in [0.2, 0.25) is 0 Å². The minimum atomic E-state index is -0.632. The molecule has 1 aromatic heterocycles. The number of nitrogens with one attached hydrogen (secondary N) is 1. The van der Waals surface area contributed by atoms with Gasteiger partial charge in [-0.25, -0.2) is 9.18 Å². The van der Waals surface area contributed by atoms with Gasteiger partial charge < -0.3 is 30.0 Å². The van der Waals surface area contributed by atoms with E-state index in [1.165, 1.54) is 26.4 Å². The van der Waals surface area contributed by atoms with Crippen LogP contribution in [0.5, 0.6) is 5.75 Å². The Morgan fingerprint density at radius 3 is 2.27 bits per heavy atom. The maximum Gasteiger partial charge on any atom is 0.409 e. The predicted octanol–water partition coefficient (Wildman–Crippen LogP) is 3.76. The van der Waals surface area contributed by atoms with Crippen molar-refractivity contribution in [3.63, 3.8) is 0 Å². The van der Waals surface area contributed by atoms with Crippen molar-refractivity contribution in [1.82, 2.24) is 14.8 Å². The number of carbonyl (C=O) groups excluding carboxylic acids is 3. The van der Waals surface area contributed by atoms with Crippen LogP contribution < -0.4 is 10.5 Å². The van der Waals surface area contributed by atoms with Crippen molar-refractivity contribution in [2.24, 2.45) is 5.73 Å². The molecule has 3 aromatic carbocycles. The number of fused-ring (bicyclic) bond motifs is 3. The lowest BCUT2D eigenvalue weighted by Gasteiger charge is -2.33. The number of piperazine rings is 1. The van der Waals surface area contributed by atoms with Gasteiger partial charge in [-0.15, -0.1) is 0 Å². The molecule has 37 heavy (non-hydrogen) atoms. The monoisotopic (exact) mass is 504 g/mol. The van der Waals surface area contributed by atoms with Crippen LogP contribution in [0, 0.1) is 5.82 Å². The fourth-order valence-electron chi connectivity index (χ4n) is 4.75. The van der Waals surface area contributed by atoms with Gasteiger partial charge in [0.15, 0.2) is 11.6 Å². The highest BCUT2D eigenvalue weighted by atomic mass is 19.1. The normalized spacial score (nSPS) is 13.7. The molecule has 0 atom stereocenters. The van der Waals surface area contributed by atoms with Crippen LogP contribution in [-0.4, -0.2) is 73.1 Å². The Morgan fingerprint density at radius 2 is 1.62 bits per heavy atom. The van der Waals surface area contributed by atoms with Crippen LogP contribution in [0.2, 0.25) is 0 Å². The molecule has 0 bridgehead atoms. The summed E-state index contributed by atoms with van der Waals surface area (Å²) in [5.74, 6) is -1.19. The summed E-state index contributed by atoms with van der Waals surface area (Å²) >= 11 is 0. The van der Waals surface area contributed by atoms with Crippen molar-refractivity contribution < 1.29 is 28.2 Å². The number of ether oxygens (including phenoxy) is 2. The van der Waals surface area contributed by atoms with Crippen LogP contribution in [0.3, 0.4) is 0 Å². The van der Waals surface area contributed by atoms with E-state index in [9.17, 15) is 18.8 Å². The highest BCUT2D eigenvalue weighted by Crippen LogP contribution is 2.34. The zero-order valence-corrected chi connectivity index (χ0v) is 20.3. The minimum Gasteiger partial charge on any atom is -0.494 e. The number of H-pyrrole nitrogens is 1. The SMILES string of the molecule is COC(=O)N1CCN(C(=O)c2ccc3c(c2)[nH]c2c(C(N)=O)cc(-c4ccc(OC)c(F)c4)cc23)CC1. The maximum atomic E-state index is 14.4. The number of nitrogens with zero attached hydrogens (tertiary/aromatic N) is 2. The molecule has 1 aliphatic heterocycles. The van der Waals surface area contributed by atoms with Crippen LogP contribution in [0.15, 0.2) is 48.5 Å². The van der Waals surface area contributed by atoms with Gasteiger partial charge >= 0.3 is 6.09 Å². The Hall–Kier alpha value is -4.60. The maximum absolute atomic E-state index is 14.4. The van der Waals surface area contributed by atoms with Gasteiger partial charge in [0.25, 0.3) is 11.8 Å². The average Bonchev–Trinajstić information content (AvgIpc) is 3.29. The second-order valence-corrected chi connectivity index (χ2v) is 8.79. The first-order valence-corrected chi connectivity index (χ1v) is 11.7. The van der Waals surface area contributed by atoms with E-state index < -0.39 is 17.8 Å². The molecule has 9 nitrogen and oxygen atoms in total. The van der Waals surface area contributed by atoms with E-state index in [4.69, 9.17) is 15.2 Å². The molecule has 5 rings (SSSR count). The van der Waals surface area contributed by atoms with E-state index in [0.717, 1.165) is 10.8 Å². The van der Waals surface area contributed by atoms with Gasteiger partial charge in [0.1, 0.15) is 0 Å². The molecule has 0 spiro atoms. The molecule has 190 valence electrons. The van der Waals surface area contributed by atoms with Gasteiger partial charge in [0, 0.05) is 48.0 Å². The molecule has 4 aromatic rings. The zero-order valence-electron chi connectivity index (χ0n) is 20.3. The predicted molar refractivity (Wildman–Crippen MR) is 136 cm³/mol. The first-order valence-electron chi connectivity index (χ1n) is 11.7. The minimum absolute atomic E-state index is 0.121. The van der Waals surface area contributed by atoms with E-state index in [1.54, 1.807) is 34.1 Å². The van der Waals surface area contributed by atoms with E-state index in [0.29, 0.717) is 53.9 Å². The molecule has 0 aliphatic carbocycles. The number of rotatable bonds is 4. The third-order valence-electron chi connectivity index (χ3n) is 6.71. The summed E-state index contributed by atoms with van der Waals surface area (Å²) in [6.07, 6.45) is -0.409. The van der Waals surface area contributed by atoms with Gasteiger partial charge in [-0.05, 0) is 47.5 Å². The van der Waals surface area contributed by atoms with Crippen molar-refractivity contribution in [3.05, 3.63) is 65.5 Å². The number of carbonyl (C=O) groups is 3. The summed E-state index contributed by atoms with van der Waals surface area (Å²) in [5, 5.41) is 1.52. The summed E-state index contributed by atoms with van der Waals surface area (Å²) in [6.45, 7) is 1.58. The van der Waals surface area contributed by atoms with E-state index >= 15 is 0 Å². The van der Waals surface area contributed by atoms with E-state index in [-0.39, 0.29) is 17.2 Å². The lowest BCUT2D eigenvalue weighted by Crippen LogP contribution is -2.50. The van der Waals surface area contributed by atoms with Crippen LogP contribution in [0.1, 0.15) is 20.7 Å². The Labute approximate surface area is 211 Å². The first kappa shape index (κ1) is 24.1. The molecular weight excluding hydrogens is 479 g/mol. The van der Waals surface area contributed by atoms with Crippen molar-refractivity contribution in [1.29, 1.82) is 0 Å². The molecule has 10 heteroatoms. The largest absolute Gasteiger partial charge is 0.494 e. The fraction of sp³-hybridized carbons (Fsp3) is 0.222. The van der Waals surface area contributed by atoms with Gasteiger partial charge in [-0.3, -0.25) is 9.59 Å². The molecule has 2 heterocycles. The standard InChI is InChI=1S/C27H25FN4O5/c1-36-23-6-4-15(13-21(23)28)17-11-19-18-5-3-16(14-22(18)30-24(19)20(12-17)25(29)33)26(34)31-7-9-32(10-8-31)27(35)37-2/h3-6,11-14,30H,7-10H2,1-2H3,(H2,29,33). The number of methoxy groups -OCH3 is 2. The van der Waals surface area contributed by atoms with E-state index in [1.807, 2.05) is 12.1 Å². The van der Waals surface area contributed by atoms with Crippen LogP contribution in [0.4, 0.5) is 9.18 Å². The number of benzene rings is 3. The van der Waals surface area contributed by atoms with Crippen molar-refractivity contribution in [2.45, 2.75) is 0 Å². The topological polar surface area (TPSA) is 118 Å². The molecule has 3 amide bonds. The number of aromatic amines is 1. The average molecular weight is 505 g/mol. The summed E-state index contributed by atoms with van der Waals surface area (Å²) in [6, 6.07) is 13.3. The Kier molecular flexibility index (Phi) is 6.16. The number of halogens is 1. The first-order chi connectivity index (χ1) is 17.8. The highest BCUT2D eigenvalue weighted by molar-refractivity contribution is 6.17. The quantitative estimate of drug-likeness (QED) is 0.439. The third-order valence-corrected chi connectivity index (χ3v) is 6.71. The van der Waals surface area contributed by atoms with Crippen LogP contribution in [0.25, 0.3) is 32.9 Å². The molecule has 1 saturated heterocycles. The summed E-state index contributed by atoms with van der Waals surface area (Å²) < 4.78 is 24.1. The molecule has 0 saturated carbocycles. The van der Waals surface area contributed by atoms with Crippen molar-refractivity contribution in [3.8, 4) is 16.9 Å². The van der Waals surface area contributed by atoms with Gasteiger partial charge in [0.05, 0.1) is 25.3 Å². The summed E-state index contributed by atoms with van der Waals surface area (Å²) in [5.41, 5.74) is 8.81. The Balaban J connectivity index is 1.52. The number of nitrogens with two attached hydrogens (primary N) is 1. The van der Waals surface area contributed by atoms with Crippen LogP contribution in [-0.2, 0) is 4.74 Å². The molecule has 3 N–H and O–H groups in total. The molecular formula is C27H25FN4O5. The second kappa shape index (κ2) is 9.45. The summed E-state index contributed by atoms with van der Waals surface area (Å²) in [4.78, 5) is 43.7. The lowest BCUT2D eigenvalue weighted by molar-refractivity contribution is 0.0600. The zero-order chi connectivity index (χ0) is 26.3. The van der Waals surface area contributed by atoms with Gasteiger partial charge in [-0.2, -0.15) is 0 Å². The third kappa shape index (κ3) is 4.31. The number of amides is 3. The lowest BCUT2D eigenvalue weighted by atomic mass is 9.98. The Bertz CT molecular complexity index is 1560. The molecule has 1 fully saturated rings. The summed E-state index contributed by atoms with van der Waals surface area (Å²) in [7, 11) is 2.72. The molecule has 0 radical (unpaired) electrons. The van der Waals surface area contributed by atoms with Crippen LogP contribution >= 0.6 is 0 Å².